The highest BCUT2D eigenvalue weighted by atomic mass is 14.6. The van der Waals surface area contributed by atoms with Crippen molar-refractivity contribution in [2.24, 2.45) is 28.9 Å². The van der Waals surface area contributed by atoms with Crippen molar-refractivity contribution in [3.63, 3.8) is 0 Å². The van der Waals surface area contributed by atoms with Gasteiger partial charge in [-0.15, -0.1) is 0 Å². The molecule has 3 rings (SSSR count). The summed E-state index contributed by atoms with van der Waals surface area (Å²) in [5, 5.41) is 0. The van der Waals surface area contributed by atoms with Gasteiger partial charge in [0.2, 0.25) is 0 Å². The van der Waals surface area contributed by atoms with Gasteiger partial charge in [-0.3, -0.25) is 0 Å². The maximum absolute atomic E-state index is 5.74. The fourth-order valence-corrected chi connectivity index (χ4v) is 3.24. The van der Waals surface area contributed by atoms with Crippen molar-refractivity contribution in [2.45, 2.75) is 33.1 Å². The summed E-state index contributed by atoms with van der Waals surface area (Å²) in [7, 11) is 0. The zero-order valence-electron chi connectivity index (χ0n) is 7.64. The lowest BCUT2D eigenvalue weighted by atomic mass is 9.45. The van der Waals surface area contributed by atoms with Crippen molar-refractivity contribution >= 4 is 0 Å². The van der Waals surface area contributed by atoms with E-state index in [0.29, 0.717) is 5.41 Å². The average Bonchev–Trinajstić information content (AvgIpc) is 2.04. The topological polar surface area (TPSA) is 26.0 Å². The van der Waals surface area contributed by atoms with Crippen LogP contribution in [0.2, 0.25) is 0 Å². The van der Waals surface area contributed by atoms with Crippen LogP contribution in [0.25, 0.3) is 0 Å². The van der Waals surface area contributed by atoms with E-state index < -0.39 is 0 Å². The highest BCUT2D eigenvalue weighted by Crippen LogP contribution is 2.60. The molecule has 3 atom stereocenters. The SMILES string of the molecule is CC1(C)[C@H]2CC[C@@H](CN)[C@H]1C2. The summed E-state index contributed by atoms with van der Waals surface area (Å²) in [6.07, 6.45) is 4.30. The molecule has 3 fully saturated rings. The molecule has 0 saturated heterocycles. The molecule has 0 aromatic rings. The van der Waals surface area contributed by atoms with Crippen molar-refractivity contribution in [2.75, 3.05) is 6.54 Å². The number of nitrogens with two attached hydrogens (primary N) is 1. The van der Waals surface area contributed by atoms with Gasteiger partial charge in [0, 0.05) is 0 Å². The molecule has 64 valence electrons. The van der Waals surface area contributed by atoms with E-state index in [1.54, 1.807) is 0 Å². The van der Waals surface area contributed by atoms with E-state index >= 15 is 0 Å². The Labute approximate surface area is 69.4 Å². The third-order valence-electron chi connectivity index (χ3n) is 4.30. The largest absolute Gasteiger partial charge is 0.330 e. The van der Waals surface area contributed by atoms with E-state index in [-0.39, 0.29) is 0 Å². The predicted octanol–water partition coefficient (Wildman–Crippen LogP) is 2.02. The van der Waals surface area contributed by atoms with E-state index in [2.05, 4.69) is 13.8 Å². The number of fused-ring (bicyclic) bond motifs is 2. The summed E-state index contributed by atoms with van der Waals surface area (Å²) in [6, 6.07) is 0. The van der Waals surface area contributed by atoms with Crippen LogP contribution in [0.5, 0.6) is 0 Å². The summed E-state index contributed by atoms with van der Waals surface area (Å²) < 4.78 is 0. The lowest BCUT2D eigenvalue weighted by molar-refractivity contribution is -0.101. The second kappa shape index (κ2) is 2.22. The van der Waals surface area contributed by atoms with Crippen molar-refractivity contribution in [3.8, 4) is 0 Å². The fraction of sp³-hybridized carbons (Fsp3) is 1.00. The molecule has 1 nitrogen and oxygen atoms in total. The Bertz CT molecular complexity index is 160. The minimum Gasteiger partial charge on any atom is -0.330 e. The molecular weight excluding hydrogens is 134 g/mol. The van der Waals surface area contributed by atoms with Crippen molar-refractivity contribution in [1.82, 2.24) is 0 Å². The van der Waals surface area contributed by atoms with Gasteiger partial charge in [0.25, 0.3) is 0 Å². The normalized spacial score (nSPS) is 46.6. The molecule has 11 heavy (non-hydrogen) atoms. The maximum Gasteiger partial charge on any atom is -0.00460 e. The molecule has 3 aliphatic rings. The first-order valence-corrected chi connectivity index (χ1v) is 4.86. The van der Waals surface area contributed by atoms with Gasteiger partial charge in [0.05, 0.1) is 0 Å². The Morgan fingerprint density at radius 2 is 2.09 bits per heavy atom. The third kappa shape index (κ3) is 0.868. The molecule has 2 N–H and O–H groups in total. The molecule has 0 unspecified atom stereocenters. The smallest absolute Gasteiger partial charge is 0.00460 e. The second-order valence-electron chi connectivity index (χ2n) is 4.93. The fourth-order valence-electron chi connectivity index (χ4n) is 3.24. The molecule has 0 amide bonds. The van der Waals surface area contributed by atoms with Gasteiger partial charge in [-0.25, -0.2) is 0 Å². The first kappa shape index (κ1) is 7.60. The van der Waals surface area contributed by atoms with Crippen LogP contribution in [0, 0.1) is 23.2 Å². The van der Waals surface area contributed by atoms with E-state index in [4.69, 9.17) is 5.73 Å². The summed E-state index contributed by atoms with van der Waals surface area (Å²) in [6.45, 7) is 5.77. The van der Waals surface area contributed by atoms with Crippen LogP contribution in [0.3, 0.4) is 0 Å². The minimum atomic E-state index is 0.627. The lowest BCUT2D eigenvalue weighted by Gasteiger charge is -2.60. The molecule has 3 saturated carbocycles. The van der Waals surface area contributed by atoms with Crippen molar-refractivity contribution < 1.29 is 0 Å². The first-order chi connectivity index (χ1) is 5.16. The zero-order chi connectivity index (χ0) is 8.06. The van der Waals surface area contributed by atoms with Gasteiger partial charge in [0.1, 0.15) is 0 Å². The standard InChI is InChI=1S/C10H19N/c1-10(2)8-4-3-7(6-11)9(10)5-8/h7-9H,3-6,11H2,1-2H3/t7-,8-,9+/m0/s1. The molecule has 0 radical (unpaired) electrons. The van der Waals surface area contributed by atoms with E-state index in [1.807, 2.05) is 0 Å². The number of rotatable bonds is 1. The highest BCUT2D eigenvalue weighted by Gasteiger charge is 2.53. The summed E-state index contributed by atoms with van der Waals surface area (Å²) in [5.41, 5.74) is 6.37. The summed E-state index contributed by atoms with van der Waals surface area (Å²) >= 11 is 0. The van der Waals surface area contributed by atoms with Crippen LogP contribution in [0.15, 0.2) is 0 Å². The van der Waals surface area contributed by atoms with Crippen LogP contribution in [0.1, 0.15) is 33.1 Å². The quantitative estimate of drug-likeness (QED) is 0.612. The predicted molar refractivity (Wildman–Crippen MR) is 47.2 cm³/mol. The van der Waals surface area contributed by atoms with Crippen LogP contribution >= 0.6 is 0 Å². The van der Waals surface area contributed by atoms with E-state index in [1.165, 1.54) is 19.3 Å². The Morgan fingerprint density at radius 3 is 2.45 bits per heavy atom. The average molecular weight is 153 g/mol. The van der Waals surface area contributed by atoms with Crippen LogP contribution < -0.4 is 5.73 Å². The molecule has 0 spiro atoms. The summed E-state index contributed by atoms with van der Waals surface area (Å²) in [4.78, 5) is 0. The number of hydrogen-bond acceptors (Lipinski definition) is 1. The van der Waals surface area contributed by atoms with Crippen LogP contribution in [-0.2, 0) is 0 Å². The molecule has 0 aliphatic heterocycles. The molecule has 2 bridgehead atoms. The van der Waals surface area contributed by atoms with E-state index in [9.17, 15) is 0 Å². The molecule has 3 aliphatic carbocycles. The molecule has 1 heteroatoms. The molecular formula is C10H19N. The van der Waals surface area contributed by atoms with E-state index in [0.717, 1.165) is 24.3 Å². The number of hydrogen-bond donors (Lipinski definition) is 1. The Kier molecular flexibility index (Phi) is 1.54. The van der Waals surface area contributed by atoms with Crippen LogP contribution in [0.4, 0.5) is 0 Å². The van der Waals surface area contributed by atoms with Gasteiger partial charge >= 0.3 is 0 Å². The molecule has 0 aromatic heterocycles. The van der Waals surface area contributed by atoms with Gasteiger partial charge in [0.15, 0.2) is 0 Å². The van der Waals surface area contributed by atoms with Gasteiger partial charge < -0.3 is 5.73 Å². The minimum absolute atomic E-state index is 0.627. The summed E-state index contributed by atoms with van der Waals surface area (Å²) in [5.74, 6) is 2.82. The first-order valence-electron chi connectivity index (χ1n) is 4.86. The van der Waals surface area contributed by atoms with Gasteiger partial charge in [-0.1, -0.05) is 13.8 Å². The lowest BCUT2D eigenvalue weighted by Crippen LogP contribution is -2.53. The monoisotopic (exact) mass is 153 g/mol. The van der Waals surface area contributed by atoms with Crippen molar-refractivity contribution in [1.29, 1.82) is 0 Å². The van der Waals surface area contributed by atoms with Gasteiger partial charge in [-0.2, -0.15) is 0 Å². The highest BCUT2D eigenvalue weighted by molar-refractivity contribution is 5.03. The third-order valence-corrected chi connectivity index (χ3v) is 4.30. The second-order valence-corrected chi connectivity index (χ2v) is 4.93. The van der Waals surface area contributed by atoms with Gasteiger partial charge in [-0.05, 0) is 49.0 Å². The Balaban J connectivity index is 2.10. The van der Waals surface area contributed by atoms with Crippen LogP contribution in [-0.4, -0.2) is 6.54 Å². The molecule has 0 aromatic carbocycles. The Morgan fingerprint density at radius 1 is 1.36 bits per heavy atom. The maximum atomic E-state index is 5.74. The van der Waals surface area contributed by atoms with Crippen molar-refractivity contribution in [3.05, 3.63) is 0 Å². The molecule has 0 heterocycles. The zero-order valence-corrected chi connectivity index (χ0v) is 7.64. The Hall–Kier alpha value is -0.0400.